The number of fused-ring (bicyclic) bond motifs is 1. The van der Waals surface area contributed by atoms with Crippen molar-refractivity contribution >= 4 is 22.5 Å². The highest BCUT2D eigenvalue weighted by Crippen LogP contribution is 2.28. The number of halogens is 1. The molecule has 3 rings (SSSR count). The van der Waals surface area contributed by atoms with E-state index in [1.165, 1.54) is 12.1 Å². The molecule has 0 unspecified atom stereocenters. The van der Waals surface area contributed by atoms with Gasteiger partial charge in [0.1, 0.15) is 11.3 Å². The maximum atomic E-state index is 13.5. The fourth-order valence-corrected chi connectivity index (χ4v) is 2.82. The Morgan fingerprint density at radius 1 is 1.17 bits per heavy atom. The molecule has 4 nitrogen and oxygen atoms in total. The number of rotatable bonds is 5. The van der Waals surface area contributed by atoms with Crippen LogP contribution in [0.5, 0.6) is 0 Å². The molecule has 0 amide bonds. The molecule has 120 valence electrons. The van der Waals surface area contributed by atoms with E-state index >= 15 is 0 Å². The molecule has 5 heteroatoms. The van der Waals surface area contributed by atoms with Crippen LogP contribution in [-0.2, 0) is 6.54 Å². The molecular formula is C18H21FN4. The molecule has 2 heterocycles. The molecule has 0 fully saturated rings. The molecule has 0 aliphatic heterocycles. The molecular weight excluding hydrogens is 291 g/mol. The third kappa shape index (κ3) is 3.04. The second kappa shape index (κ2) is 6.36. The minimum atomic E-state index is -0.222. The Hall–Kier alpha value is -2.43. The van der Waals surface area contributed by atoms with E-state index < -0.39 is 0 Å². The van der Waals surface area contributed by atoms with E-state index in [-0.39, 0.29) is 5.82 Å². The number of imidazole rings is 1. The van der Waals surface area contributed by atoms with Crippen LogP contribution in [0.2, 0.25) is 0 Å². The number of nitrogens with zero attached hydrogens (tertiary/aromatic N) is 3. The lowest BCUT2D eigenvalue weighted by molar-refractivity contribution is 0.625. The summed E-state index contributed by atoms with van der Waals surface area (Å²) in [5, 5.41) is 3.33. The summed E-state index contributed by atoms with van der Waals surface area (Å²) in [7, 11) is 0. The second-order valence-electron chi connectivity index (χ2n) is 5.86. The minimum absolute atomic E-state index is 0.222. The van der Waals surface area contributed by atoms with Crippen LogP contribution in [0.15, 0.2) is 30.7 Å². The Balaban J connectivity index is 2.00. The Morgan fingerprint density at radius 3 is 2.61 bits per heavy atom. The zero-order valence-corrected chi connectivity index (χ0v) is 13.7. The molecule has 0 spiro atoms. The molecule has 0 atom stereocenters. The number of anilines is 2. The summed E-state index contributed by atoms with van der Waals surface area (Å²) in [6.07, 6.45) is 5.90. The minimum Gasteiger partial charge on any atom is -0.338 e. The van der Waals surface area contributed by atoms with Crippen molar-refractivity contribution < 1.29 is 4.39 Å². The molecule has 1 N–H and O–H groups in total. The van der Waals surface area contributed by atoms with Crippen LogP contribution in [0.3, 0.4) is 0 Å². The number of pyridine rings is 1. The number of nitrogens with one attached hydrogen (secondary N) is 1. The lowest BCUT2D eigenvalue weighted by Crippen LogP contribution is -2.00. The molecule has 3 aromatic rings. The van der Waals surface area contributed by atoms with E-state index in [1.807, 2.05) is 26.2 Å². The van der Waals surface area contributed by atoms with Crippen LogP contribution in [0, 0.1) is 19.7 Å². The predicted molar refractivity (Wildman–Crippen MR) is 91.6 cm³/mol. The first kappa shape index (κ1) is 15.5. The van der Waals surface area contributed by atoms with Crippen molar-refractivity contribution in [1.29, 1.82) is 0 Å². The van der Waals surface area contributed by atoms with Gasteiger partial charge in [0.05, 0.1) is 11.8 Å². The van der Waals surface area contributed by atoms with E-state index in [4.69, 9.17) is 0 Å². The Kier molecular flexibility index (Phi) is 4.28. The van der Waals surface area contributed by atoms with Gasteiger partial charge in [-0.15, -0.1) is 0 Å². The van der Waals surface area contributed by atoms with E-state index in [0.717, 1.165) is 47.2 Å². The van der Waals surface area contributed by atoms with Gasteiger partial charge in [0.15, 0.2) is 5.82 Å². The van der Waals surface area contributed by atoms with E-state index in [1.54, 1.807) is 6.20 Å². The maximum Gasteiger partial charge on any atom is 0.158 e. The fourth-order valence-electron chi connectivity index (χ4n) is 2.82. The van der Waals surface area contributed by atoms with Crippen molar-refractivity contribution in [2.24, 2.45) is 0 Å². The average molecular weight is 312 g/mol. The van der Waals surface area contributed by atoms with Gasteiger partial charge in [-0.1, -0.05) is 13.3 Å². The first-order valence-corrected chi connectivity index (χ1v) is 7.93. The van der Waals surface area contributed by atoms with Gasteiger partial charge >= 0.3 is 0 Å². The summed E-state index contributed by atoms with van der Waals surface area (Å²) in [5.41, 5.74) is 4.49. The summed E-state index contributed by atoms with van der Waals surface area (Å²) in [6, 6.07) is 5.03. The third-order valence-corrected chi connectivity index (χ3v) is 4.03. The fraction of sp³-hybridized carbons (Fsp3) is 0.333. The monoisotopic (exact) mass is 312 g/mol. The van der Waals surface area contributed by atoms with Gasteiger partial charge in [0.2, 0.25) is 0 Å². The lowest BCUT2D eigenvalue weighted by atomic mass is 10.1. The highest BCUT2D eigenvalue weighted by molar-refractivity contribution is 5.88. The van der Waals surface area contributed by atoms with Crippen molar-refractivity contribution in [1.82, 2.24) is 14.5 Å². The number of hydrogen-bond donors (Lipinski definition) is 1. The molecule has 2 aromatic heterocycles. The molecule has 0 aliphatic rings. The van der Waals surface area contributed by atoms with Gasteiger partial charge in [-0.25, -0.2) is 14.4 Å². The topological polar surface area (TPSA) is 42.7 Å². The number of benzene rings is 1. The summed E-state index contributed by atoms with van der Waals surface area (Å²) in [4.78, 5) is 8.93. The highest BCUT2D eigenvalue weighted by Gasteiger charge is 2.11. The van der Waals surface area contributed by atoms with Crippen molar-refractivity contribution in [3.8, 4) is 0 Å². The quantitative estimate of drug-likeness (QED) is 0.740. The zero-order valence-electron chi connectivity index (χ0n) is 13.7. The molecule has 1 aromatic carbocycles. The number of aromatic nitrogens is 3. The van der Waals surface area contributed by atoms with Gasteiger partial charge in [-0.3, -0.25) is 0 Å². The van der Waals surface area contributed by atoms with Crippen LogP contribution in [0.25, 0.3) is 11.0 Å². The first-order valence-electron chi connectivity index (χ1n) is 7.93. The van der Waals surface area contributed by atoms with Crippen LogP contribution >= 0.6 is 0 Å². The molecule has 0 saturated heterocycles. The predicted octanol–water partition coefficient (Wildman–Crippen LogP) is 4.73. The molecule has 0 aliphatic carbocycles. The Morgan fingerprint density at radius 2 is 1.91 bits per heavy atom. The average Bonchev–Trinajstić information content (AvgIpc) is 2.92. The summed E-state index contributed by atoms with van der Waals surface area (Å²) < 4.78 is 15.6. The second-order valence-corrected chi connectivity index (χ2v) is 5.86. The van der Waals surface area contributed by atoms with Gasteiger partial charge < -0.3 is 9.88 Å². The SMILES string of the molecule is CCCCn1cnc2c(Nc3c(C)cc(F)cc3C)nccc21. The van der Waals surface area contributed by atoms with Gasteiger partial charge in [-0.05, 0) is 49.6 Å². The normalized spacial score (nSPS) is 11.1. The number of aryl methyl sites for hydroxylation is 3. The maximum absolute atomic E-state index is 13.5. The Bertz CT molecular complexity index is 815. The Labute approximate surface area is 135 Å². The molecule has 0 radical (unpaired) electrons. The molecule has 23 heavy (non-hydrogen) atoms. The van der Waals surface area contributed by atoms with Crippen LogP contribution in [0.4, 0.5) is 15.9 Å². The smallest absolute Gasteiger partial charge is 0.158 e. The summed E-state index contributed by atoms with van der Waals surface area (Å²) >= 11 is 0. The highest BCUT2D eigenvalue weighted by atomic mass is 19.1. The largest absolute Gasteiger partial charge is 0.338 e. The first-order chi connectivity index (χ1) is 11.1. The van der Waals surface area contributed by atoms with Crippen molar-refractivity contribution in [2.75, 3.05) is 5.32 Å². The zero-order chi connectivity index (χ0) is 16.4. The third-order valence-electron chi connectivity index (χ3n) is 4.03. The van der Waals surface area contributed by atoms with E-state index in [9.17, 15) is 4.39 Å². The van der Waals surface area contributed by atoms with E-state index in [2.05, 4.69) is 26.8 Å². The van der Waals surface area contributed by atoms with Crippen molar-refractivity contribution in [3.05, 3.63) is 47.7 Å². The lowest BCUT2D eigenvalue weighted by Gasteiger charge is -2.13. The van der Waals surface area contributed by atoms with Gasteiger partial charge in [0.25, 0.3) is 0 Å². The van der Waals surface area contributed by atoms with Crippen LogP contribution in [0.1, 0.15) is 30.9 Å². The number of hydrogen-bond acceptors (Lipinski definition) is 3. The van der Waals surface area contributed by atoms with Crippen LogP contribution in [-0.4, -0.2) is 14.5 Å². The van der Waals surface area contributed by atoms with E-state index in [0.29, 0.717) is 5.82 Å². The van der Waals surface area contributed by atoms with Gasteiger partial charge in [0, 0.05) is 18.4 Å². The summed E-state index contributed by atoms with van der Waals surface area (Å²) in [6.45, 7) is 6.90. The van der Waals surface area contributed by atoms with Crippen molar-refractivity contribution in [2.45, 2.75) is 40.2 Å². The van der Waals surface area contributed by atoms with Crippen LogP contribution < -0.4 is 5.32 Å². The standard InChI is InChI=1S/C18H21FN4/c1-4-5-8-23-11-21-17-15(23)6-7-20-18(17)22-16-12(2)9-14(19)10-13(16)3/h6-7,9-11H,4-5,8H2,1-3H3,(H,20,22). The van der Waals surface area contributed by atoms with Crippen molar-refractivity contribution in [3.63, 3.8) is 0 Å². The molecule has 0 bridgehead atoms. The van der Waals surface area contributed by atoms with Gasteiger partial charge in [-0.2, -0.15) is 0 Å². The summed E-state index contributed by atoms with van der Waals surface area (Å²) in [5.74, 6) is 0.483. The number of unbranched alkanes of at least 4 members (excludes halogenated alkanes) is 1. The molecule has 0 saturated carbocycles.